The lowest BCUT2D eigenvalue weighted by molar-refractivity contribution is 0.414. The van der Waals surface area contributed by atoms with Crippen LogP contribution in [0.2, 0.25) is 0 Å². The van der Waals surface area contributed by atoms with E-state index < -0.39 is 9.84 Å². The van der Waals surface area contributed by atoms with Crippen molar-refractivity contribution in [3.63, 3.8) is 0 Å². The molecule has 0 amide bonds. The van der Waals surface area contributed by atoms with Crippen LogP contribution in [0.3, 0.4) is 0 Å². The summed E-state index contributed by atoms with van der Waals surface area (Å²) in [5, 5.41) is 0.0665. The SMILES string of the molecule is COc1cccc(C(SCCS(C)(=O)=O)C(C)N)c1. The van der Waals surface area contributed by atoms with Crippen molar-refractivity contribution in [3.05, 3.63) is 29.8 Å². The molecule has 0 aliphatic heterocycles. The number of nitrogens with two attached hydrogens (primary N) is 1. The predicted octanol–water partition coefficient (Wildman–Crippen LogP) is 1.86. The van der Waals surface area contributed by atoms with Gasteiger partial charge >= 0.3 is 0 Å². The van der Waals surface area contributed by atoms with Crippen molar-refractivity contribution in [1.82, 2.24) is 0 Å². The van der Waals surface area contributed by atoms with Crippen LogP contribution in [0.5, 0.6) is 5.75 Å². The fourth-order valence-electron chi connectivity index (χ4n) is 1.70. The van der Waals surface area contributed by atoms with Crippen LogP contribution < -0.4 is 10.5 Å². The number of hydrogen-bond acceptors (Lipinski definition) is 5. The maximum Gasteiger partial charge on any atom is 0.148 e. The van der Waals surface area contributed by atoms with Gasteiger partial charge in [0, 0.05) is 23.3 Å². The van der Waals surface area contributed by atoms with E-state index in [0.717, 1.165) is 11.3 Å². The summed E-state index contributed by atoms with van der Waals surface area (Å²) >= 11 is 1.57. The molecule has 0 saturated heterocycles. The fourth-order valence-corrected chi connectivity index (χ4v) is 4.19. The molecule has 0 bridgehead atoms. The molecule has 0 radical (unpaired) electrons. The summed E-state index contributed by atoms with van der Waals surface area (Å²) in [7, 11) is -1.31. The van der Waals surface area contributed by atoms with Gasteiger partial charge < -0.3 is 10.5 Å². The van der Waals surface area contributed by atoms with Crippen LogP contribution in [-0.2, 0) is 9.84 Å². The van der Waals surface area contributed by atoms with Gasteiger partial charge in [0.25, 0.3) is 0 Å². The summed E-state index contributed by atoms with van der Waals surface area (Å²) in [6, 6.07) is 7.67. The molecule has 1 aromatic rings. The zero-order valence-electron chi connectivity index (χ0n) is 11.5. The number of sulfone groups is 1. The van der Waals surface area contributed by atoms with Gasteiger partial charge in [0.2, 0.25) is 0 Å². The second kappa shape index (κ2) is 7.17. The first-order valence-corrected chi connectivity index (χ1v) is 9.13. The van der Waals surface area contributed by atoms with E-state index in [1.165, 1.54) is 6.26 Å². The topological polar surface area (TPSA) is 69.4 Å². The molecule has 2 unspecified atom stereocenters. The first-order chi connectivity index (χ1) is 8.83. The number of rotatable bonds is 7. The molecule has 0 aromatic heterocycles. The molecule has 6 heteroatoms. The number of benzene rings is 1. The number of methoxy groups -OCH3 is 1. The van der Waals surface area contributed by atoms with Crippen molar-refractivity contribution >= 4 is 21.6 Å². The quantitative estimate of drug-likeness (QED) is 0.832. The van der Waals surface area contributed by atoms with Crippen LogP contribution >= 0.6 is 11.8 Å². The van der Waals surface area contributed by atoms with Gasteiger partial charge in [0.15, 0.2) is 0 Å². The monoisotopic (exact) mass is 303 g/mol. The maximum absolute atomic E-state index is 11.2. The molecule has 0 saturated carbocycles. The van der Waals surface area contributed by atoms with E-state index in [4.69, 9.17) is 10.5 Å². The van der Waals surface area contributed by atoms with Crippen LogP contribution in [0, 0.1) is 0 Å². The Morgan fingerprint density at radius 2 is 2.11 bits per heavy atom. The van der Waals surface area contributed by atoms with Gasteiger partial charge in [-0.1, -0.05) is 12.1 Å². The number of thioether (sulfide) groups is 1. The summed E-state index contributed by atoms with van der Waals surface area (Å²) in [5.74, 6) is 1.50. The highest BCUT2D eigenvalue weighted by Gasteiger charge is 2.18. The molecule has 0 aliphatic rings. The van der Waals surface area contributed by atoms with Gasteiger partial charge in [-0.2, -0.15) is 11.8 Å². The molecule has 0 aliphatic carbocycles. The maximum atomic E-state index is 11.2. The van der Waals surface area contributed by atoms with Crippen LogP contribution in [0.25, 0.3) is 0 Å². The molecule has 4 nitrogen and oxygen atoms in total. The van der Waals surface area contributed by atoms with Gasteiger partial charge in [0.1, 0.15) is 15.6 Å². The lowest BCUT2D eigenvalue weighted by Crippen LogP contribution is -2.23. The minimum absolute atomic E-state index is 0.0586. The van der Waals surface area contributed by atoms with Crippen LogP contribution in [0.15, 0.2) is 24.3 Å². The van der Waals surface area contributed by atoms with E-state index in [1.807, 2.05) is 31.2 Å². The van der Waals surface area contributed by atoms with Gasteiger partial charge in [-0.05, 0) is 24.6 Å². The van der Waals surface area contributed by atoms with Gasteiger partial charge in [0.05, 0.1) is 12.9 Å². The molecule has 2 atom stereocenters. The molecule has 2 N–H and O–H groups in total. The molecule has 19 heavy (non-hydrogen) atoms. The fraction of sp³-hybridized carbons (Fsp3) is 0.538. The van der Waals surface area contributed by atoms with Crippen molar-refractivity contribution in [2.75, 3.05) is 24.9 Å². The first kappa shape index (κ1) is 16.3. The smallest absolute Gasteiger partial charge is 0.148 e. The molecular weight excluding hydrogens is 282 g/mol. The standard InChI is InChI=1S/C13H21NO3S2/c1-10(14)13(18-7-8-19(3,15)16)11-5-4-6-12(9-11)17-2/h4-6,9-10,13H,7-8,14H2,1-3H3. The number of ether oxygens (including phenoxy) is 1. The van der Waals surface area contributed by atoms with E-state index in [2.05, 4.69) is 0 Å². The summed E-state index contributed by atoms with van der Waals surface area (Å²) in [4.78, 5) is 0. The minimum Gasteiger partial charge on any atom is -0.497 e. The zero-order valence-corrected chi connectivity index (χ0v) is 13.1. The Morgan fingerprint density at radius 3 is 2.63 bits per heavy atom. The Morgan fingerprint density at radius 1 is 1.42 bits per heavy atom. The number of hydrogen-bond donors (Lipinski definition) is 1. The predicted molar refractivity (Wildman–Crippen MR) is 81.6 cm³/mol. The third-order valence-corrected chi connectivity index (χ3v) is 5.36. The van der Waals surface area contributed by atoms with E-state index >= 15 is 0 Å². The zero-order chi connectivity index (χ0) is 14.5. The summed E-state index contributed by atoms with van der Waals surface area (Å²) in [6.45, 7) is 1.93. The molecule has 108 valence electrons. The highest BCUT2D eigenvalue weighted by atomic mass is 32.2. The molecular formula is C13H21NO3S2. The normalized spacial score (nSPS) is 14.9. The van der Waals surface area contributed by atoms with E-state index in [0.29, 0.717) is 5.75 Å². The minimum atomic E-state index is -2.93. The Labute approximate surface area is 119 Å². The van der Waals surface area contributed by atoms with Crippen LogP contribution in [0.4, 0.5) is 0 Å². The average molecular weight is 303 g/mol. The average Bonchev–Trinajstić information content (AvgIpc) is 2.33. The Bertz CT molecular complexity index is 500. The lowest BCUT2D eigenvalue weighted by atomic mass is 10.1. The van der Waals surface area contributed by atoms with Crippen molar-refractivity contribution in [2.45, 2.75) is 18.2 Å². The van der Waals surface area contributed by atoms with Gasteiger partial charge in [-0.15, -0.1) is 0 Å². The summed E-state index contributed by atoms with van der Waals surface area (Å²) in [6.07, 6.45) is 1.25. The molecule has 1 aromatic carbocycles. The van der Waals surface area contributed by atoms with E-state index in [9.17, 15) is 8.42 Å². The first-order valence-electron chi connectivity index (χ1n) is 6.02. The van der Waals surface area contributed by atoms with Crippen LogP contribution in [0.1, 0.15) is 17.7 Å². The van der Waals surface area contributed by atoms with Gasteiger partial charge in [-0.3, -0.25) is 0 Å². The molecule has 0 spiro atoms. The van der Waals surface area contributed by atoms with E-state index in [-0.39, 0.29) is 17.0 Å². The highest BCUT2D eigenvalue weighted by Crippen LogP contribution is 2.33. The Kier molecular flexibility index (Phi) is 6.16. The van der Waals surface area contributed by atoms with Crippen molar-refractivity contribution < 1.29 is 13.2 Å². The summed E-state index contributed by atoms with van der Waals surface area (Å²) in [5.41, 5.74) is 7.06. The largest absolute Gasteiger partial charge is 0.497 e. The highest BCUT2D eigenvalue weighted by molar-refractivity contribution is 8.00. The van der Waals surface area contributed by atoms with Crippen molar-refractivity contribution in [3.8, 4) is 5.75 Å². The van der Waals surface area contributed by atoms with Gasteiger partial charge in [-0.25, -0.2) is 8.42 Å². The molecule has 0 fully saturated rings. The van der Waals surface area contributed by atoms with Crippen molar-refractivity contribution in [1.29, 1.82) is 0 Å². The molecule has 1 rings (SSSR count). The Hall–Kier alpha value is -0.720. The third kappa shape index (κ3) is 5.84. The third-order valence-electron chi connectivity index (χ3n) is 2.65. The van der Waals surface area contributed by atoms with Crippen molar-refractivity contribution in [2.24, 2.45) is 5.73 Å². The Balaban J connectivity index is 2.76. The second-order valence-electron chi connectivity index (χ2n) is 4.56. The van der Waals surface area contributed by atoms with E-state index in [1.54, 1.807) is 18.9 Å². The molecule has 0 heterocycles. The second-order valence-corrected chi connectivity index (χ2v) is 8.07. The summed E-state index contributed by atoms with van der Waals surface area (Å²) < 4.78 is 27.5. The van der Waals surface area contributed by atoms with Crippen LogP contribution in [-0.4, -0.2) is 39.3 Å². The lowest BCUT2D eigenvalue weighted by Gasteiger charge is -2.21.